The third-order valence-corrected chi connectivity index (χ3v) is 4.09. The lowest BCUT2D eigenvalue weighted by Gasteiger charge is -2.11. The Balaban J connectivity index is 2.19. The van der Waals surface area contributed by atoms with Crippen molar-refractivity contribution in [2.75, 3.05) is 0 Å². The number of aryl methyl sites for hydroxylation is 1. The van der Waals surface area contributed by atoms with E-state index in [0.29, 0.717) is 6.04 Å². The Hall–Kier alpha value is -1.16. The first kappa shape index (κ1) is 11.0. The Morgan fingerprint density at radius 3 is 2.82 bits per heavy atom. The molecule has 0 aliphatic heterocycles. The first-order chi connectivity index (χ1) is 8.27. The lowest BCUT2D eigenvalue weighted by Crippen LogP contribution is -2.05. The van der Waals surface area contributed by atoms with Crippen molar-refractivity contribution in [2.24, 2.45) is 0 Å². The normalized spacial score (nSPS) is 15.2. The summed E-state index contributed by atoms with van der Waals surface area (Å²) >= 11 is 1.71. The van der Waals surface area contributed by atoms with Crippen molar-refractivity contribution >= 4 is 11.3 Å². The number of thiazole rings is 1. The van der Waals surface area contributed by atoms with Crippen molar-refractivity contribution in [1.82, 2.24) is 14.8 Å². The fourth-order valence-electron chi connectivity index (χ4n) is 2.51. The molecule has 2 heterocycles. The molecule has 1 aliphatic rings. The van der Waals surface area contributed by atoms with Crippen molar-refractivity contribution in [3.05, 3.63) is 22.8 Å². The molecule has 0 atom stereocenters. The van der Waals surface area contributed by atoms with E-state index in [4.69, 9.17) is 5.10 Å². The summed E-state index contributed by atoms with van der Waals surface area (Å²) in [5.41, 5.74) is 4.01. The molecule has 90 valence electrons. The predicted molar refractivity (Wildman–Crippen MR) is 70.4 cm³/mol. The molecule has 1 aliphatic carbocycles. The minimum atomic E-state index is 0.402. The third kappa shape index (κ3) is 1.80. The van der Waals surface area contributed by atoms with Crippen LogP contribution in [-0.2, 0) is 12.8 Å². The molecule has 0 saturated carbocycles. The molecule has 0 radical (unpaired) electrons. The Morgan fingerprint density at radius 1 is 1.29 bits per heavy atom. The Bertz CT molecular complexity index is 511. The molecule has 0 aromatic carbocycles. The highest BCUT2D eigenvalue weighted by Gasteiger charge is 2.23. The second kappa shape index (κ2) is 4.26. The van der Waals surface area contributed by atoms with Crippen molar-refractivity contribution in [2.45, 2.75) is 45.6 Å². The summed E-state index contributed by atoms with van der Waals surface area (Å²) in [6.07, 6.45) is 6.74. The van der Waals surface area contributed by atoms with Gasteiger partial charge in [-0.3, -0.25) is 4.68 Å². The Morgan fingerprint density at radius 2 is 2.12 bits per heavy atom. The minimum absolute atomic E-state index is 0.402. The van der Waals surface area contributed by atoms with Gasteiger partial charge in [0.15, 0.2) is 0 Å². The maximum absolute atomic E-state index is 4.79. The van der Waals surface area contributed by atoms with Gasteiger partial charge in [-0.15, -0.1) is 11.3 Å². The first-order valence-corrected chi connectivity index (χ1v) is 7.15. The molecular weight excluding hydrogens is 230 g/mol. The van der Waals surface area contributed by atoms with E-state index < -0.39 is 0 Å². The van der Waals surface area contributed by atoms with Crippen LogP contribution in [0, 0.1) is 0 Å². The lowest BCUT2D eigenvalue weighted by molar-refractivity contribution is 0.530. The highest BCUT2D eigenvalue weighted by molar-refractivity contribution is 7.13. The van der Waals surface area contributed by atoms with E-state index in [0.717, 1.165) is 17.8 Å². The SMILES string of the molecule is CC(C)n1nc2c(c1-c1nccs1)CCCC2. The molecule has 0 N–H and O–H groups in total. The summed E-state index contributed by atoms with van der Waals surface area (Å²) in [5, 5.41) is 7.95. The Labute approximate surface area is 106 Å². The standard InChI is InChI=1S/C13H17N3S/c1-9(2)16-12(13-14-7-8-17-13)10-5-3-4-6-11(10)15-16/h7-9H,3-6H2,1-2H3. The largest absolute Gasteiger partial charge is 0.259 e. The second-order valence-electron chi connectivity index (χ2n) is 4.86. The molecule has 0 spiro atoms. The van der Waals surface area contributed by atoms with Gasteiger partial charge in [0, 0.05) is 23.2 Å². The average Bonchev–Trinajstić information content (AvgIpc) is 2.94. The molecule has 2 aromatic heterocycles. The maximum atomic E-state index is 4.79. The van der Waals surface area contributed by atoms with Gasteiger partial charge in [-0.2, -0.15) is 5.10 Å². The highest BCUT2D eigenvalue weighted by Crippen LogP contribution is 2.34. The molecule has 2 aromatic rings. The van der Waals surface area contributed by atoms with Crippen LogP contribution < -0.4 is 0 Å². The van der Waals surface area contributed by atoms with Crippen molar-refractivity contribution in [3.63, 3.8) is 0 Å². The molecule has 4 heteroatoms. The summed E-state index contributed by atoms with van der Waals surface area (Å²) in [6, 6.07) is 0.402. The van der Waals surface area contributed by atoms with Gasteiger partial charge in [0.2, 0.25) is 0 Å². The fourth-order valence-corrected chi connectivity index (χ4v) is 3.21. The molecule has 0 saturated heterocycles. The number of hydrogen-bond donors (Lipinski definition) is 0. The van der Waals surface area contributed by atoms with E-state index in [-0.39, 0.29) is 0 Å². The van der Waals surface area contributed by atoms with Gasteiger partial charge in [-0.05, 0) is 39.5 Å². The third-order valence-electron chi connectivity index (χ3n) is 3.31. The second-order valence-corrected chi connectivity index (χ2v) is 5.75. The van der Waals surface area contributed by atoms with Gasteiger partial charge in [0.05, 0.1) is 5.69 Å². The van der Waals surface area contributed by atoms with Crippen LogP contribution in [0.25, 0.3) is 10.7 Å². The summed E-state index contributed by atoms with van der Waals surface area (Å²) < 4.78 is 2.16. The molecule has 0 fully saturated rings. The van der Waals surface area contributed by atoms with Gasteiger partial charge in [-0.25, -0.2) is 4.98 Å². The topological polar surface area (TPSA) is 30.7 Å². The van der Waals surface area contributed by atoms with E-state index in [1.54, 1.807) is 11.3 Å². The number of aromatic nitrogens is 3. The van der Waals surface area contributed by atoms with Gasteiger partial charge >= 0.3 is 0 Å². The first-order valence-electron chi connectivity index (χ1n) is 6.27. The van der Waals surface area contributed by atoms with Crippen LogP contribution in [0.3, 0.4) is 0 Å². The van der Waals surface area contributed by atoms with E-state index in [1.807, 2.05) is 11.6 Å². The van der Waals surface area contributed by atoms with Crippen molar-refractivity contribution < 1.29 is 0 Å². The van der Waals surface area contributed by atoms with E-state index in [2.05, 4.69) is 23.5 Å². The van der Waals surface area contributed by atoms with Crippen LogP contribution >= 0.6 is 11.3 Å². The van der Waals surface area contributed by atoms with Crippen LogP contribution in [0.1, 0.15) is 44.0 Å². The van der Waals surface area contributed by atoms with E-state index >= 15 is 0 Å². The molecule has 3 nitrogen and oxygen atoms in total. The number of fused-ring (bicyclic) bond motifs is 1. The lowest BCUT2D eigenvalue weighted by atomic mass is 9.96. The van der Waals surface area contributed by atoms with Crippen LogP contribution in [0.4, 0.5) is 0 Å². The summed E-state index contributed by atoms with van der Waals surface area (Å²) in [6.45, 7) is 4.38. The molecule has 3 rings (SSSR count). The van der Waals surface area contributed by atoms with Crippen molar-refractivity contribution in [3.8, 4) is 10.7 Å². The number of rotatable bonds is 2. The maximum Gasteiger partial charge on any atom is 0.141 e. The van der Waals surface area contributed by atoms with Gasteiger partial charge in [0.1, 0.15) is 10.7 Å². The number of hydrogen-bond acceptors (Lipinski definition) is 3. The summed E-state index contributed by atoms with van der Waals surface area (Å²) in [5.74, 6) is 0. The molecule has 0 unspecified atom stereocenters. The highest BCUT2D eigenvalue weighted by atomic mass is 32.1. The summed E-state index contributed by atoms with van der Waals surface area (Å²) in [4.78, 5) is 4.47. The van der Waals surface area contributed by atoms with Crippen LogP contribution in [-0.4, -0.2) is 14.8 Å². The fraction of sp³-hybridized carbons (Fsp3) is 0.538. The quantitative estimate of drug-likeness (QED) is 0.813. The zero-order chi connectivity index (χ0) is 11.8. The smallest absolute Gasteiger partial charge is 0.141 e. The van der Waals surface area contributed by atoms with Crippen LogP contribution in [0.15, 0.2) is 11.6 Å². The van der Waals surface area contributed by atoms with Crippen LogP contribution in [0.2, 0.25) is 0 Å². The van der Waals surface area contributed by atoms with E-state index in [9.17, 15) is 0 Å². The monoisotopic (exact) mass is 247 g/mol. The predicted octanol–water partition coefficient (Wildman–Crippen LogP) is 3.47. The van der Waals surface area contributed by atoms with Gasteiger partial charge in [-0.1, -0.05) is 0 Å². The summed E-state index contributed by atoms with van der Waals surface area (Å²) in [7, 11) is 0. The Kier molecular flexibility index (Phi) is 2.74. The van der Waals surface area contributed by atoms with Crippen LogP contribution in [0.5, 0.6) is 0 Å². The molecule has 0 amide bonds. The zero-order valence-corrected chi connectivity index (χ0v) is 11.1. The molecular formula is C13H17N3S. The molecule has 17 heavy (non-hydrogen) atoms. The average molecular weight is 247 g/mol. The molecule has 0 bridgehead atoms. The number of nitrogens with zero attached hydrogens (tertiary/aromatic N) is 3. The van der Waals surface area contributed by atoms with E-state index in [1.165, 1.54) is 29.8 Å². The van der Waals surface area contributed by atoms with Crippen molar-refractivity contribution in [1.29, 1.82) is 0 Å². The van der Waals surface area contributed by atoms with Gasteiger partial charge in [0.25, 0.3) is 0 Å². The van der Waals surface area contributed by atoms with Gasteiger partial charge < -0.3 is 0 Å². The minimum Gasteiger partial charge on any atom is -0.259 e. The zero-order valence-electron chi connectivity index (χ0n) is 10.3.